The summed E-state index contributed by atoms with van der Waals surface area (Å²) in [5, 5.41) is 12.1. The van der Waals surface area contributed by atoms with E-state index in [1.165, 1.54) is 48.8 Å². The van der Waals surface area contributed by atoms with Crippen molar-refractivity contribution in [1.82, 2.24) is 10.2 Å². The van der Waals surface area contributed by atoms with Crippen LogP contribution in [-0.4, -0.2) is 45.7 Å². The number of carboxylic acid groups (broad SMARTS) is 1. The van der Waals surface area contributed by atoms with Crippen LogP contribution in [0.25, 0.3) is 0 Å². The largest absolute Gasteiger partial charge is 0.480 e. The maximum atomic E-state index is 12.2. The summed E-state index contributed by atoms with van der Waals surface area (Å²) in [5.41, 5.74) is 0. The highest BCUT2D eigenvalue weighted by Crippen LogP contribution is 2.27. The number of amides is 2. The molecule has 19 heavy (non-hydrogen) atoms. The zero-order valence-corrected chi connectivity index (χ0v) is 12.1. The van der Waals surface area contributed by atoms with Crippen molar-refractivity contribution in [3.63, 3.8) is 0 Å². The van der Waals surface area contributed by atoms with Gasteiger partial charge in [0, 0.05) is 11.8 Å². The molecule has 0 radical (unpaired) electrons. The van der Waals surface area contributed by atoms with Crippen LogP contribution in [0.4, 0.5) is 4.79 Å². The fourth-order valence-electron chi connectivity index (χ4n) is 2.88. The first-order chi connectivity index (χ1) is 9.09. The predicted octanol–water partition coefficient (Wildman–Crippen LogP) is 2.12. The van der Waals surface area contributed by atoms with Gasteiger partial charge in [0.25, 0.3) is 0 Å². The third-order valence-corrected chi connectivity index (χ3v) is 5.15. The smallest absolute Gasteiger partial charge is 0.327 e. The maximum absolute atomic E-state index is 12.2. The molecule has 2 atom stereocenters. The minimum atomic E-state index is -0.912. The molecule has 0 aromatic rings. The topological polar surface area (TPSA) is 69.6 Å². The van der Waals surface area contributed by atoms with Gasteiger partial charge in [0.1, 0.15) is 6.04 Å². The molecule has 2 aliphatic rings. The highest BCUT2D eigenvalue weighted by atomic mass is 32.2. The summed E-state index contributed by atoms with van der Waals surface area (Å²) in [4.78, 5) is 24.7. The third-order valence-electron chi connectivity index (χ3n) is 4.14. The number of nitrogens with zero attached hydrogens (tertiary/aromatic N) is 1. The van der Waals surface area contributed by atoms with Crippen LogP contribution in [0, 0.1) is 5.92 Å². The van der Waals surface area contributed by atoms with E-state index in [1.807, 2.05) is 6.92 Å². The molecule has 2 fully saturated rings. The highest BCUT2D eigenvalue weighted by Gasteiger charge is 2.35. The number of carbonyl (C=O) groups is 2. The molecule has 0 aromatic carbocycles. The van der Waals surface area contributed by atoms with E-state index in [0.717, 1.165) is 0 Å². The summed E-state index contributed by atoms with van der Waals surface area (Å²) in [7, 11) is 0. The van der Waals surface area contributed by atoms with Gasteiger partial charge in [-0.25, -0.2) is 9.59 Å². The van der Waals surface area contributed by atoms with Crippen molar-refractivity contribution in [2.24, 2.45) is 5.92 Å². The molecule has 108 valence electrons. The first kappa shape index (κ1) is 14.5. The van der Waals surface area contributed by atoms with Gasteiger partial charge >= 0.3 is 12.0 Å². The van der Waals surface area contributed by atoms with Gasteiger partial charge in [-0.05, 0) is 25.7 Å². The van der Waals surface area contributed by atoms with Crippen molar-refractivity contribution in [1.29, 1.82) is 0 Å². The minimum Gasteiger partial charge on any atom is -0.480 e. The Labute approximate surface area is 118 Å². The van der Waals surface area contributed by atoms with Crippen LogP contribution in [-0.2, 0) is 4.79 Å². The lowest BCUT2D eigenvalue weighted by molar-refractivity contribution is -0.140. The summed E-state index contributed by atoms with van der Waals surface area (Å²) in [5.74, 6) is 0.586. The zero-order chi connectivity index (χ0) is 13.8. The fourth-order valence-corrected chi connectivity index (χ4v) is 4.02. The van der Waals surface area contributed by atoms with Gasteiger partial charge in [-0.15, -0.1) is 11.8 Å². The number of urea groups is 1. The number of hydrogen-bond donors (Lipinski definition) is 2. The molecule has 1 aliphatic heterocycles. The Bertz CT molecular complexity index is 345. The molecule has 0 bridgehead atoms. The Hall–Kier alpha value is -0.910. The molecule has 5 nitrogen and oxygen atoms in total. The normalized spacial score (nSPS) is 26.2. The molecular formula is C13H22N2O3S. The quantitative estimate of drug-likeness (QED) is 0.834. The number of nitrogens with one attached hydrogen (secondary N) is 1. The van der Waals surface area contributed by atoms with Gasteiger partial charge in [0.2, 0.25) is 0 Å². The van der Waals surface area contributed by atoms with Crippen molar-refractivity contribution in [2.45, 2.75) is 51.1 Å². The molecule has 0 spiro atoms. The van der Waals surface area contributed by atoms with Crippen molar-refractivity contribution in [3.05, 3.63) is 0 Å². The van der Waals surface area contributed by atoms with Crippen molar-refractivity contribution < 1.29 is 14.7 Å². The molecule has 2 unspecified atom stereocenters. The summed E-state index contributed by atoms with van der Waals surface area (Å²) >= 11 is 1.49. The van der Waals surface area contributed by atoms with Crippen LogP contribution < -0.4 is 5.32 Å². The average molecular weight is 286 g/mol. The lowest BCUT2D eigenvalue weighted by atomic mass is 9.84. The Morgan fingerprint density at radius 3 is 2.63 bits per heavy atom. The third kappa shape index (κ3) is 3.55. The molecule has 2 rings (SSSR count). The van der Waals surface area contributed by atoms with E-state index in [-0.39, 0.29) is 12.1 Å². The second-order valence-electron chi connectivity index (χ2n) is 5.46. The zero-order valence-electron chi connectivity index (χ0n) is 11.3. The summed E-state index contributed by atoms with van der Waals surface area (Å²) in [6.45, 7) is 2.03. The van der Waals surface area contributed by atoms with Crippen LogP contribution in [0.2, 0.25) is 0 Å². The second kappa shape index (κ2) is 6.50. The van der Waals surface area contributed by atoms with E-state index in [0.29, 0.717) is 17.5 Å². The SMILES string of the molecule is CC(NC(=O)N1CSCC1C(=O)O)C1CCCCC1. The van der Waals surface area contributed by atoms with Gasteiger partial charge in [-0.1, -0.05) is 19.3 Å². The first-order valence-corrected chi connectivity index (χ1v) is 8.12. The van der Waals surface area contributed by atoms with Crippen LogP contribution in [0.1, 0.15) is 39.0 Å². The Kier molecular flexibility index (Phi) is 4.96. The maximum Gasteiger partial charge on any atom is 0.327 e. The number of hydrogen-bond acceptors (Lipinski definition) is 3. The molecule has 1 saturated carbocycles. The summed E-state index contributed by atoms with van der Waals surface area (Å²) in [6, 6.07) is -0.771. The Morgan fingerprint density at radius 2 is 2.00 bits per heavy atom. The molecule has 1 saturated heterocycles. The lowest BCUT2D eigenvalue weighted by Gasteiger charge is -2.30. The van der Waals surface area contributed by atoms with Gasteiger partial charge in [-0.2, -0.15) is 0 Å². The monoisotopic (exact) mass is 286 g/mol. The number of aliphatic carboxylic acids is 1. The van der Waals surface area contributed by atoms with E-state index in [2.05, 4.69) is 5.32 Å². The first-order valence-electron chi connectivity index (χ1n) is 6.97. The van der Waals surface area contributed by atoms with Crippen molar-refractivity contribution in [3.8, 4) is 0 Å². The van der Waals surface area contributed by atoms with E-state index >= 15 is 0 Å². The number of thioether (sulfide) groups is 1. The Morgan fingerprint density at radius 1 is 1.32 bits per heavy atom. The van der Waals surface area contributed by atoms with E-state index in [1.54, 1.807) is 0 Å². The predicted molar refractivity (Wildman–Crippen MR) is 75.2 cm³/mol. The summed E-state index contributed by atoms with van der Waals surface area (Å²) in [6.07, 6.45) is 6.10. The fraction of sp³-hybridized carbons (Fsp3) is 0.846. The number of carbonyl (C=O) groups excluding carboxylic acids is 1. The minimum absolute atomic E-state index is 0.132. The van der Waals surface area contributed by atoms with Crippen LogP contribution in [0.3, 0.4) is 0 Å². The molecule has 1 heterocycles. The standard InChI is InChI=1S/C13H22N2O3S/c1-9(10-5-3-2-4-6-10)14-13(18)15-8-19-7-11(15)12(16)17/h9-11H,2-8H2,1H3,(H,14,18)(H,16,17). The van der Waals surface area contributed by atoms with Gasteiger partial charge in [-0.3, -0.25) is 0 Å². The summed E-state index contributed by atoms with van der Waals surface area (Å²) < 4.78 is 0. The molecular weight excluding hydrogens is 264 g/mol. The second-order valence-corrected chi connectivity index (χ2v) is 6.46. The molecule has 0 aromatic heterocycles. The Balaban J connectivity index is 1.87. The van der Waals surface area contributed by atoms with Gasteiger partial charge < -0.3 is 15.3 Å². The van der Waals surface area contributed by atoms with Crippen molar-refractivity contribution >= 4 is 23.8 Å². The van der Waals surface area contributed by atoms with Crippen LogP contribution in [0.5, 0.6) is 0 Å². The molecule has 2 amide bonds. The average Bonchev–Trinajstić information content (AvgIpc) is 2.89. The van der Waals surface area contributed by atoms with E-state index in [9.17, 15) is 9.59 Å². The molecule has 6 heteroatoms. The van der Waals surface area contributed by atoms with E-state index < -0.39 is 12.0 Å². The molecule has 1 aliphatic carbocycles. The molecule has 2 N–H and O–H groups in total. The van der Waals surface area contributed by atoms with E-state index in [4.69, 9.17) is 5.11 Å². The van der Waals surface area contributed by atoms with Crippen molar-refractivity contribution in [2.75, 3.05) is 11.6 Å². The van der Waals surface area contributed by atoms with Crippen LogP contribution >= 0.6 is 11.8 Å². The van der Waals surface area contributed by atoms with Crippen LogP contribution in [0.15, 0.2) is 0 Å². The van der Waals surface area contributed by atoms with Gasteiger partial charge in [0.05, 0.1) is 5.88 Å². The lowest BCUT2D eigenvalue weighted by Crippen LogP contribution is -2.50. The number of carboxylic acids is 1. The number of rotatable bonds is 3. The highest BCUT2D eigenvalue weighted by molar-refractivity contribution is 7.99. The van der Waals surface area contributed by atoms with Gasteiger partial charge in [0.15, 0.2) is 0 Å².